The molecule has 0 aromatic rings. The lowest BCUT2D eigenvalue weighted by Crippen LogP contribution is -1.90. The minimum absolute atomic E-state index is 0.306. The second kappa shape index (κ2) is 16.4. The number of rotatable bonds is 8. The predicted octanol–water partition coefficient (Wildman–Crippen LogP) is 4.78. The maximum atomic E-state index is 8.14. The molecule has 0 aliphatic rings. The van der Waals surface area contributed by atoms with E-state index in [0.29, 0.717) is 12.5 Å². The van der Waals surface area contributed by atoms with Gasteiger partial charge in [-0.3, -0.25) is 0 Å². The van der Waals surface area contributed by atoms with Crippen LogP contribution < -0.4 is 0 Å². The first kappa shape index (κ1) is 17.4. The lowest BCUT2D eigenvalue weighted by atomic mass is 10.1. The van der Waals surface area contributed by atoms with E-state index in [-0.39, 0.29) is 0 Å². The summed E-state index contributed by atoms with van der Waals surface area (Å²) in [4.78, 5) is 0. The van der Waals surface area contributed by atoms with Crippen molar-refractivity contribution in [1.82, 2.24) is 0 Å². The van der Waals surface area contributed by atoms with Crippen molar-refractivity contribution in [3.05, 3.63) is 0 Å². The van der Waals surface area contributed by atoms with E-state index in [1.807, 2.05) is 13.8 Å². The maximum absolute atomic E-state index is 8.14. The Bertz CT molecular complexity index is 81.3. The van der Waals surface area contributed by atoms with E-state index in [2.05, 4.69) is 13.8 Å². The largest absolute Gasteiger partial charge is 0.396 e. The normalized spacial score (nSPS) is 10.0. The summed E-state index contributed by atoms with van der Waals surface area (Å²) in [6, 6.07) is 0. The van der Waals surface area contributed by atoms with Crippen molar-refractivity contribution in [2.75, 3.05) is 6.61 Å². The molecule has 0 saturated heterocycles. The second-order valence-corrected chi connectivity index (χ2v) is 4.70. The van der Waals surface area contributed by atoms with Crippen molar-refractivity contribution < 1.29 is 5.11 Å². The Labute approximate surface area is 97.3 Å². The fraction of sp³-hybridized carbons (Fsp3) is 1.00. The fourth-order valence-electron chi connectivity index (χ4n) is 1.21. The number of hydrogen-bond acceptors (Lipinski definition) is 1. The lowest BCUT2D eigenvalue weighted by Gasteiger charge is -1.97. The van der Waals surface area contributed by atoms with Crippen LogP contribution in [-0.4, -0.2) is 11.7 Å². The average molecular weight is 216 g/mol. The maximum Gasteiger partial charge on any atom is 0.0453 e. The summed E-state index contributed by atoms with van der Waals surface area (Å²) in [5, 5.41) is 8.14. The molecule has 15 heavy (non-hydrogen) atoms. The van der Waals surface area contributed by atoms with Crippen molar-refractivity contribution in [3.8, 4) is 0 Å². The zero-order chi connectivity index (χ0) is 11.9. The first-order valence-corrected chi connectivity index (χ1v) is 6.79. The molecular formula is C14H32O. The molecule has 0 fully saturated rings. The molecule has 0 atom stereocenters. The van der Waals surface area contributed by atoms with Gasteiger partial charge < -0.3 is 5.11 Å². The van der Waals surface area contributed by atoms with E-state index in [0.717, 1.165) is 0 Å². The molecule has 1 N–H and O–H groups in total. The van der Waals surface area contributed by atoms with Gasteiger partial charge in [-0.2, -0.15) is 0 Å². The molecule has 0 bridgehead atoms. The molecule has 0 aliphatic heterocycles. The summed E-state index contributed by atoms with van der Waals surface area (Å²) in [5.74, 6) is 0.440. The first-order valence-electron chi connectivity index (χ1n) is 6.79. The molecule has 0 aromatic carbocycles. The molecule has 0 saturated carbocycles. The zero-order valence-electron chi connectivity index (χ0n) is 11.4. The van der Waals surface area contributed by atoms with Gasteiger partial charge in [0.1, 0.15) is 0 Å². The SMILES string of the molecule is CC(C)CO.CCCCCCCCCC. The summed E-state index contributed by atoms with van der Waals surface area (Å²) in [7, 11) is 0. The van der Waals surface area contributed by atoms with Crippen LogP contribution in [0.4, 0.5) is 0 Å². The zero-order valence-corrected chi connectivity index (χ0v) is 11.4. The van der Waals surface area contributed by atoms with E-state index in [4.69, 9.17) is 5.11 Å². The average Bonchev–Trinajstić information content (AvgIpc) is 2.24. The van der Waals surface area contributed by atoms with Crippen LogP contribution in [0, 0.1) is 5.92 Å². The highest BCUT2D eigenvalue weighted by Gasteiger charge is 1.87. The van der Waals surface area contributed by atoms with Crippen molar-refractivity contribution in [2.24, 2.45) is 5.92 Å². The molecule has 0 amide bonds. The van der Waals surface area contributed by atoms with Gasteiger partial charge in [-0.1, -0.05) is 79.1 Å². The Morgan fingerprint density at radius 3 is 1.20 bits per heavy atom. The van der Waals surface area contributed by atoms with Gasteiger partial charge in [-0.25, -0.2) is 0 Å². The molecular weight excluding hydrogens is 184 g/mol. The van der Waals surface area contributed by atoms with Gasteiger partial charge in [-0.15, -0.1) is 0 Å². The summed E-state index contributed by atoms with van der Waals surface area (Å²) < 4.78 is 0. The van der Waals surface area contributed by atoms with Crippen LogP contribution in [0.15, 0.2) is 0 Å². The number of aliphatic hydroxyl groups is 1. The van der Waals surface area contributed by atoms with Gasteiger partial charge in [0.25, 0.3) is 0 Å². The molecule has 0 heterocycles. The number of aliphatic hydroxyl groups excluding tert-OH is 1. The van der Waals surface area contributed by atoms with Gasteiger partial charge in [-0.05, 0) is 5.92 Å². The number of unbranched alkanes of at least 4 members (excludes halogenated alkanes) is 7. The molecule has 1 nitrogen and oxygen atoms in total. The Kier molecular flexibility index (Phi) is 19.0. The molecule has 1 heteroatoms. The third-order valence-corrected chi connectivity index (χ3v) is 2.32. The van der Waals surface area contributed by atoms with Crippen molar-refractivity contribution >= 4 is 0 Å². The van der Waals surface area contributed by atoms with Crippen LogP contribution in [0.1, 0.15) is 79.1 Å². The standard InChI is InChI=1S/C10H22.C4H10O/c1-3-5-7-9-10-8-6-4-2;1-4(2)3-5/h3-10H2,1-2H3;4-5H,3H2,1-2H3. The summed E-state index contributed by atoms with van der Waals surface area (Å²) in [5.41, 5.74) is 0. The highest BCUT2D eigenvalue weighted by Crippen LogP contribution is 2.07. The Balaban J connectivity index is 0. The monoisotopic (exact) mass is 216 g/mol. The molecule has 0 rings (SSSR count). The predicted molar refractivity (Wildman–Crippen MR) is 70.2 cm³/mol. The van der Waals surface area contributed by atoms with Crippen LogP contribution in [0.25, 0.3) is 0 Å². The third-order valence-electron chi connectivity index (χ3n) is 2.32. The lowest BCUT2D eigenvalue weighted by molar-refractivity contribution is 0.248. The smallest absolute Gasteiger partial charge is 0.0453 e. The molecule has 0 aliphatic carbocycles. The van der Waals surface area contributed by atoms with Crippen LogP contribution in [0.5, 0.6) is 0 Å². The minimum atomic E-state index is 0.306. The second-order valence-electron chi connectivity index (χ2n) is 4.70. The van der Waals surface area contributed by atoms with Crippen LogP contribution in [0.2, 0.25) is 0 Å². The van der Waals surface area contributed by atoms with Gasteiger partial charge in [0.2, 0.25) is 0 Å². The summed E-state index contributed by atoms with van der Waals surface area (Å²) in [6.45, 7) is 8.79. The molecule has 0 radical (unpaired) electrons. The number of hydrogen-bond donors (Lipinski definition) is 1. The van der Waals surface area contributed by atoms with Crippen LogP contribution in [-0.2, 0) is 0 Å². The molecule has 0 spiro atoms. The molecule has 94 valence electrons. The van der Waals surface area contributed by atoms with Gasteiger partial charge in [0.15, 0.2) is 0 Å². The quantitative estimate of drug-likeness (QED) is 0.579. The topological polar surface area (TPSA) is 20.2 Å². The fourth-order valence-corrected chi connectivity index (χ4v) is 1.21. The Morgan fingerprint density at radius 2 is 1.00 bits per heavy atom. The summed E-state index contributed by atoms with van der Waals surface area (Å²) in [6.07, 6.45) is 11.5. The van der Waals surface area contributed by atoms with Gasteiger partial charge >= 0.3 is 0 Å². The molecule has 0 unspecified atom stereocenters. The van der Waals surface area contributed by atoms with E-state index in [1.54, 1.807) is 0 Å². The van der Waals surface area contributed by atoms with Crippen molar-refractivity contribution in [3.63, 3.8) is 0 Å². The van der Waals surface area contributed by atoms with Crippen molar-refractivity contribution in [1.29, 1.82) is 0 Å². The van der Waals surface area contributed by atoms with Gasteiger partial charge in [0, 0.05) is 6.61 Å². The minimum Gasteiger partial charge on any atom is -0.396 e. The summed E-state index contributed by atoms with van der Waals surface area (Å²) >= 11 is 0. The van der Waals surface area contributed by atoms with Crippen molar-refractivity contribution in [2.45, 2.75) is 79.1 Å². The molecule has 0 aromatic heterocycles. The van der Waals surface area contributed by atoms with Gasteiger partial charge in [0.05, 0.1) is 0 Å². The van der Waals surface area contributed by atoms with E-state index >= 15 is 0 Å². The Hall–Kier alpha value is -0.0400. The van der Waals surface area contributed by atoms with E-state index in [9.17, 15) is 0 Å². The van der Waals surface area contributed by atoms with E-state index in [1.165, 1.54) is 51.4 Å². The highest BCUT2D eigenvalue weighted by molar-refractivity contribution is 4.43. The van der Waals surface area contributed by atoms with Crippen LogP contribution in [0.3, 0.4) is 0 Å². The van der Waals surface area contributed by atoms with Crippen LogP contribution >= 0.6 is 0 Å². The Morgan fingerprint density at radius 1 is 0.733 bits per heavy atom. The third kappa shape index (κ3) is 24.9. The van der Waals surface area contributed by atoms with E-state index < -0.39 is 0 Å². The highest BCUT2D eigenvalue weighted by atomic mass is 16.3. The first-order chi connectivity index (χ1) is 7.18.